The molecule has 0 radical (unpaired) electrons. The van der Waals surface area contributed by atoms with Crippen molar-refractivity contribution in [3.05, 3.63) is 127 Å². The lowest BCUT2D eigenvalue weighted by molar-refractivity contribution is -0.146. The molecule has 4 aromatic carbocycles. The van der Waals surface area contributed by atoms with Crippen molar-refractivity contribution < 1.29 is 19.1 Å². The van der Waals surface area contributed by atoms with Crippen LogP contribution < -0.4 is 10.1 Å². The molecule has 1 N–H and O–H groups in total. The first-order valence-electron chi connectivity index (χ1n) is 15.4. The number of nitrogens with one attached hydrogen (secondary N) is 1. The van der Waals surface area contributed by atoms with Crippen LogP contribution >= 0.6 is 0 Å². The second-order valence-electron chi connectivity index (χ2n) is 12.4. The number of allylic oxidation sites excluding steroid dienone is 2. The van der Waals surface area contributed by atoms with E-state index in [1.165, 1.54) is 4.90 Å². The first-order valence-corrected chi connectivity index (χ1v) is 15.4. The Morgan fingerprint density at radius 2 is 1.23 bits per heavy atom. The minimum Gasteiger partial charge on any atom is -0.457 e. The van der Waals surface area contributed by atoms with Gasteiger partial charge in [0.25, 0.3) is 0 Å². The number of anilines is 1. The van der Waals surface area contributed by atoms with E-state index in [-0.39, 0.29) is 47.8 Å². The number of ether oxygens (including phenoxy) is 1. The van der Waals surface area contributed by atoms with Crippen molar-refractivity contribution in [1.29, 1.82) is 0 Å². The van der Waals surface area contributed by atoms with Crippen LogP contribution in [0.25, 0.3) is 11.1 Å². The molecule has 218 valence electrons. The standard InChI is InChI=1S/C38H32N2O4/c41-36(39-26-13-17-28(18-14-26)44-27-15-11-25(12-16-27)24-9-5-2-6-10-24)33(21-23-7-3-1-4-8-23)40-37(42)34-29-19-20-30(32-22-31(29)32)35(34)38(40)43/h1-20,29-35H,21-22H2,(H,39,41). The van der Waals surface area contributed by atoms with Gasteiger partial charge < -0.3 is 10.1 Å². The van der Waals surface area contributed by atoms with Crippen LogP contribution in [0.15, 0.2) is 121 Å². The highest BCUT2D eigenvalue weighted by Crippen LogP contribution is 2.65. The summed E-state index contributed by atoms with van der Waals surface area (Å²) < 4.78 is 6.04. The van der Waals surface area contributed by atoms with Gasteiger partial charge >= 0.3 is 0 Å². The van der Waals surface area contributed by atoms with E-state index in [4.69, 9.17) is 4.74 Å². The molecule has 7 atom stereocenters. The molecular weight excluding hydrogens is 548 g/mol. The van der Waals surface area contributed by atoms with Gasteiger partial charge in [0.05, 0.1) is 11.8 Å². The maximum Gasteiger partial charge on any atom is 0.248 e. The number of likely N-dealkylation sites (tertiary alicyclic amines) is 1. The normalized spacial score (nSPS) is 26.6. The molecule has 1 saturated heterocycles. The molecule has 4 aliphatic carbocycles. The third-order valence-electron chi connectivity index (χ3n) is 9.90. The quantitative estimate of drug-likeness (QED) is 0.185. The van der Waals surface area contributed by atoms with E-state index in [0.29, 0.717) is 29.0 Å². The van der Waals surface area contributed by atoms with E-state index in [9.17, 15) is 14.4 Å². The van der Waals surface area contributed by atoms with Crippen molar-refractivity contribution >= 4 is 23.4 Å². The number of carbonyl (C=O) groups is 3. The van der Waals surface area contributed by atoms with E-state index in [1.54, 1.807) is 24.3 Å². The lowest BCUT2D eigenvalue weighted by atomic mass is 9.63. The van der Waals surface area contributed by atoms with Crippen molar-refractivity contribution in [3.63, 3.8) is 0 Å². The molecule has 3 amide bonds. The molecule has 5 aliphatic rings. The zero-order chi connectivity index (χ0) is 29.8. The summed E-state index contributed by atoms with van der Waals surface area (Å²) in [5.74, 6) is 1.13. The van der Waals surface area contributed by atoms with Crippen molar-refractivity contribution in [2.75, 3.05) is 5.32 Å². The molecule has 3 fully saturated rings. The predicted molar refractivity (Wildman–Crippen MR) is 168 cm³/mol. The van der Waals surface area contributed by atoms with E-state index in [0.717, 1.165) is 23.1 Å². The number of benzene rings is 4. The van der Waals surface area contributed by atoms with E-state index < -0.39 is 6.04 Å². The molecule has 0 spiro atoms. The first-order chi connectivity index (χ1) is 21.5. The fourth-order valence-corrected chi connectivity index (χ4v) is 7.74. The summed E-state index contributed by atoms with van der Waals surface area (Å²) in [5.41, 5.74) is 3.71. The van der Waals surface area contributed by atoms with Gasteiger partial charge in [-0.05, 0) is 83.2 Å². The lowest BCUT2D eigenvalue weighted by Crippen LogP contribution is -2.49. The minimum absolute atomic E-state index is 0.110. The van der Waals surface area contributed by atoms with Gasteiger partial charge in [-0.2, -0.15) is 0 Å². The second kappa shape index (κ2) is 10.6. The smallest absolute Gasteiger partial charge is 0.248 e. The predicted octanol–water partition coefficient (Wildman–Crippen LogP) is 6.75. The topological polar surface area (TPSA) is 75.7 Å². The largest absolute Gasteiger partial charge is 0.457 e. The molecule has 9 rings (SSSR count). The van der Waals surface area contributed by atoms with Gasteiger partial charge in [0.1, 0.15) is 17.5 Å². The molecule has 44 heavy (non-hydrogen) atoms. The Labute approximate surface area is 256 Å². The highest BCUT2D eigenvalue weighted by molar-refractivity contribution is 6.10. The Balaban J connectivity index is 0.991. The van der Waals surface area contributed by atoms with Gasteiger partial charge in [0.15, 0.2) is 0 Å². The van der Waals surface area contributed by atoms with Gasteiger partial charge in [0.2, 0.25) is 17.7 Å². The summed E-state index contributed by atoms with van der Waals surface area (Å²) in [5, 5.41) is 2.98. The van der Waals surface area contributed by atoms with Crippen LogP contribution in [-0.4, -0.2) is 28.7 Å². The number of amides is 3. The zero-order valence-electron chi connectivity index (χ0n) is 24.1. The van der Waals surface area contributed by atoms with E-state index in [1.807, 2.05) is 72.8 Å². The fourth-order valence-electron chi connectivity index (χ4n) is 7.74. The van der Waals surface area contributed by atoms with Crippen molar-refractivity contribution in [1.82, 2.24) is 4.90 Å². The SMILES string of the molecule is O=C(Nc1ccc(Oc2ccc(-c3ccccc3)cc2)cc1)C(Cc1ccccc1)N1C(=O)C2C3C=CC(C4CC34)C2C1=O. The van der Waals surface area contributed by atoms with Gasteiger partial charge in [-0.25, -0.2) is 0 Å². The van der Waals surface area contributed by atoms with Crippen LogP contribution in [0.3, 0.4) is 0 Å². The van der Waals surface area contributed by atoms with Crippen LogP contribution in [-0.2, 0) is 20.8 Å². The molecule has 0 aromatic heterocycles. The summed E-state index contributed by atoms with van der Waals surface area (Å²) >= 11 is 0. The van der Waals surface area contributed by atoms with Gasteiger partial charge in [0, 0.05) is 12.1 Å². The molecule has 6 nitrogen and oxygen atoms in total. The highest BCUT2D eigenvalue weighted by Gasteiger charge is 2.67. The molecule has 7 unspecified atom stereocenters. The molecule has 1 aliphatic heterocycles. The average Bonchev–Trinajstić information content (AvgIpc) is 3.85. The molecule has 6 heteroatoms. The van der Waals surface area contributed by atoms with Gasteiger partial charge in [-0.15, -0.1) is 0 Å². The summed E-state index contributed by atoms with van der Waals surface area (Å²) in [7, 11) is 0. The number of rotatable bonds is 8. The minimum atomic E-state index is -0.933. The summed E-state index contributed by atoms with van der Waals surface area (Å²) in [6.45, 7) is 0. The second-order valence-corrected chi connectivity index (χ2v) is 12.4. The number of carbonyl (C=O) groups excluding carboxylic acids is 3. The maximum absolute atomic E-state index is 13.9. The third kappa shape index (κ3) is 4.62. The molecule has 4 aromatic rings. The average molecular weight is 581 g/mol. The Bertz CT molecular complexity index is 1710. The first kappa shape index (κ1) is 26.6. The number of nitrogens with zero attached hydrogens (tertiary/aromatic N) is 1. The number of imide groups is 1. The number of hydrogen-bond donors (Lipinski definition) is 1. The molecular formula is C38H32N2O4. The van der Waals surface area contributed by atoms with Gasteiger partial charge in [-0.1, -0.05) is 84.9 Å². The van der Waals surface area contributed by atoms with Crippen LogP contribution in [0.4, 0.5) is 5.69 Å². The van der Waals surface area contributed by atoms with Crippen LogP contribution in [0.5, 0.6) is 11.5 Å². The monoisotopic (exact) mass is 580 g/mol. The number of hydrogen-bond acceptors (Lipinski definition) is 4. The maximum atomic E-state index is 13.9. The van der Waals surface area contributed by atoms with Crippen molar-refractivity contribution in [2.24, 2.45) is 35.5 Å². The highest BCUT2D eigenvalue weighted by atomic mass is 16.5. The van der Waals surface area contributed by atoms with Crippen LogP contribution in [0.2, 0.25) is 0 Å². The Morgan fingerprint density at radius 1 is 0.705 bits per heavy atom. The Morgan fingerprint density at radius 3 is 1.82 bits per heavy atom. The molecule has 1 heterocycles. The Kier molecular flexibility index (Phi) is 6.44. The van der Waals surface area contributed by atoms with Crippen molar-refractivity contribution in [2.45, 2.75) is 18.9 Å². The lowest BCUT2D eigenvalue weighted by Gasteiger charge is -2.37. The van der Waals surface area contributed by atoms with Crippen molar-refractivity contribution in [3.8, 4) is 22.6 Å². The molecule has 2 saturated carbocycles. The summed E-state index contributed by atoms with van der Waals surface area (Å²) in [6.07, 6.45) is 5.67. The van der Waals surface area contributed by atoms with Gasteiger partial charge in [-0.3, -0.25) is 19.3 Å². The summed E-state index contributed by atoms with van der Waals surface area (Å²) in [6, 6.07) is 33.8. The fraction of sp³-hybridized carbons (Fsp3) is 0.237. The third-order valence-corrected chi connectivity index (χ3v) is 9.90. The Hall–Kier alpha value is -4.97. The zero-order valence-corrected chi connectivity index (χ0v) is 24.1. The van der Waals surface area contributed by atoms with E-state index >= 15 is 0 Å². The van der Waals surface area contributed by atoms with E-state index in [2.05, 4.69) is 29.6 Å². The van der Waals surface area contributed by atoms with Crippen LogP contribution in [0, 0.1) is 35.5 Å². The summed E-state index contributed by atoms with van der Waals surface area (Å²) in [4.78, 5) is 42.9. The molecule has 2 bridgehead atoms. The van der Waals surface area contributed by atoms with Crippen LogP contribution in [0.1, 0.15) is 12.0 Å².